The molecule has 8 heteroatoms. The van der Waals surface area contributed by atoms with Gasteiger partial charge < -0.3 is 5.32 Å². The smallest absolute Gasteiger partial charge is 0.264 e. The number of pyridine rings is 1. The Morgan fingerprint density at radius 2 is 1.85 bits per heavy atom. The Balaban J connectivity index is 2.14. The number of sulfonamides is 1. The molecule has 0 unspecified atom stereocenters. The summed E-state index contributed by atoms with van der Waals surface area (Å²) in [5.74, 6) is -0.214. The van der Waals surface area contributed by atoms with Crippen molar-refractivity contribution in [3.05, 3.63) is 65.3 Å². The van der Waals surface area contributed by atoms with Gasteiger partial charge in [0.05, 0.1) is 22.6 Å². The van der Waals surface area contributed by atoms with Crippen molar-refractivity contribution in [1.29, 1.82) is 0 Å². The Morgan fingerprint density at radius 3 is 2.56 bits per heavy atom. The number of carbonyl (C=O) groups excluding carboxylic acids is 1. The van der Waals surface area contributed by atoms with E-state index in [2.05, 4.69) is 26.2 Å². The third kappa shape index (κ3) is 4.12. The van der Waals surface area contributed by atoms with Crippen molar-refractivity contribution in [2.45, 2.75) is 11.8 Å². The molecule has 0 atom stereocenters. The second kappa shape index (κ2) is 8.06. The van der Waals surface area contributed by atoms with Crippen LogP contribution in [0.3, 0.4) is 0 Å². The van der Waals surface area contributed by atoms with Gasteiger partial charge in [-0.3, -0.25) is 14.1 Å². The van der Waals surface area contributed by atoms with Crippen LogP contribution in [0.25, 0.3) is 10.9 Å². The number of carbonyl (C=O) groups is 1. The second-order valence-electron chi connectivity index (χ2n) is 5.84. The van der Waals surface area contributed by atoms with Crippen LogP contribution in [0, 0.1) is 0 Å². The molecule has 3 rings (SSSR count). The van der Waals surface area contributed by atoms with Gasteiger partial charge in [-0.25, -0.2) is 8.42 Å². The topological polar surface area (TPSA) is 79.4 Å². The number of para-hydroxylation sites is 1. The zero-order chi connectivity index (χ0) is 19.4. The average molecular weight is 448 g/mol. The van der Waals surface area contributed by atoms with Gasteiger partial charge in [0.2, 0.25) is 5.91 Å². The van der Waals surface area contributed by atoms with E-state index in [1.807, 2.05) is 18.2 Å². The van der Waals surface area contributed by atoms with E-state index in [0.717, 1.165) is 4.47 Å². The van der Waals surface area contributed by atoms with E-state index < -0.39 is 10.0 Å². The number of aromatic nitrogens is 1. The molecule has 0 aliphatic rings. The molecule has 0 aliphatic carbocycles. The van der Waals surface area contributed by atoms with Crippen LogP contribution in [-0.2, 0) is 14.8 Å². The molecule has 27 heavy (non-hydrogen) atoms. The molecular weight excluding hydrogens is 430 g/mol. The number of nitrogens with zero attached hydrogens (tertiary/aromatic N) is 2. The number of anilines is 1. The molecule has 0 aliphatic heterocycles. The highest BCUT2D eigenvalue weighted by Crippen LogP contribution is 2.32. The minimum atomic E-state index is -3.82. The van der Waals surface area contributed by atoms with Gasteiger partial charge in [0.25, 0.3) is 10.0 Å². The molecule has 1 N–H and O–H groups in total. The van der Waals surface area contributed by atoms with E-state index in [-0.39, 0.29) is 23.9 Å². The van der Waals surface area contributed by atoms with E-state index in [4.69, 9.17) is 0 Å². The maximum atomic E-state index is 13.3. The zero-order valence-corrected chi connectivity index (χ0v) is 17.0. The number of benzene rings is 2. The van der Waals surface area contributed by atoms with E-state index in [1.54, 1.807) is 42.6 Å². The molecule has 140 valence electrons. The summed E-state index contributed by atoms with van der Waals surface area (Å²) in [7, 11) is -3.82. The first-order valence-electron chi connectivity index (χ1n) is 8.27. The lowest BCUT2D eigenvalue weighted by Gasteiger charge is -2.26. The summed E-state index contributed by atoms with van der Waals surface area (Å²) in [6.07, 6.45) is 1.58. The maximum absolute atomic E-state index is 13.3. The van der Waals surface area contributed by atoms with E-state index in [9.17, 15) is 13.2 Å². The highest BCUT2D eigenvalue weighted by molar-refractivity contribution is 9.10. The number of nitrogens with one attached hydrogen (secondary N) is 1. The summed E-state index contributed by atoms with van der Waals surface area (Å²) >= 11 is 3.46. The second-order valence-corrected chi connectivity index (χ2v) is 8.56. The van der Waals surface area contributed by atoms with Gasteiger partial charge in [-0.1, -0.05) is 30.3 Å². The molecule has 0 fully saturated rings. The number of rotatable bonds is 6. The summed E-state index contributed by atoms with van der Waals surface area (Å²) in [5.41, 5.74) is 1.18. The molecule has 6 nitrogen and oxygen atoms in total. The molecule has 0 radical (unpaired) electrons. The fraction of sp³-hybridized carbons (Fsp3) is 0.158. The molecule has 0 spiro atoms. The number of amides is 1. The summed E-state index contributed by atoms with van der Waals surface area (Å²) in [5, 5.41) is 3.36. The van der Waals surface area contributed by atoms with Crippen molar-refractivity contribution in [3.63, 3.8) is 0 Å². The molecule has 0 saturated heterocycles. The standard InChI is InChI=1S/C19H18BrN3O3S/c1-14(24)21-12-13-23(27(25,26)15-6-3-2-4-7-15)18-10-11-22-19-16(18)8-5-9-17(19)20/h2-11H,12-13H2,1H3,(H,21,24). The fourth-order valence-corrected chi connectivity index (χ4v) is 4.74. The molecule has 0 saturated carbocycles. The van der Waals surface area contributed by atoms with Gasteiger partial charge in [-0.2, -0.15) is 0 Å². The van der Waals surface area contributed by atoms with Crippen LogP contribution in [0.4, 0.5) is 5.69 Å². The van der Waals surface area contributed by atoms with Gasteiger partial charge in [-0.15, -0.1) is 0 Å². The summed E-state index contributed by atoms with van der Waals surface area (Å²) in [6.45, 7) is 1.69. The van der Waals surface area contributed by atoms with Crippen LogP contribution in [-0.4, -0.2) is 32.4 Å². The highest BCUT2D eigenvalue weighted by atomic mass is 79.9. The Bertz CT molecular complexity index is 1070. The van der Waals surface area contributed by atoms with Crippen molar-refractivity contribution in [2.24, 2.45) is 0 Å². The Morgan fingerprint density at radius 1 is 1.11 bits per heavy atom. The number of fused-ring (bicyclic) bond motifs is 1. The van der Waals surface area contributed by atoms with Gasteiger partial charge >= 0.3 is 0 Å². The van der Waals surface area contributed by atoms with Gasteiger partial charge in [0.15, 0.2) is 0 Å². The van der Waals surface area contributed by atoms with Crippen LogP contribution in [0.5, 0.6) is 0 Å². The predicted octanol–water partition coefficient (Wildman–Crippen LogP) is 3.33. The normalized spacial score (nSPS) is 11.3. The first kappa shape index (κ1) is 19.3. The fourth-order valence-electron chi connectivity index (χ4n) is 2.77. The number of halogens is 1. The third-order valence-electron chi connectivity index (χ3n) is 3.99. The highest BCUT2D eigenvalue weighted by Gasteiger charge is 2.26. The van der Waals surface area contributed by atoms with Gasteiger partial charge in [0.1, 0.15) is 0 Å². The third-order valence-corrected chi connectivity index (χ3v) is 6.45. The Labute approximate surface area is 166 Å². The van der Waals surface area contributed by atoms with Crippen molar-refractivity contribution in [3.8, 4) is 0 Å². The van der Waals surface area contributed by atoms with Crippen LogP contribution in [0.2, 0.25) is 0 Å². The van der Waals surface area contributed by atoms with Crippen LogP contribution >= 0.6 is 15.9 Å². The minimum absolute atomic E-state index is 0.0996. The number of hydrogen-bond donors (Lipinski definition) is 1. The van der Waals surface area contributed by atoms with Gasteiger partial charge in [-0.05, 0) is 40.2 Å². The monoisotopic (exact) mass is 447 g/mol. The minimum Gasteiger partial charge on any atom is -0.355 e. The van der Waals surface area contributed by atoms with E-state index in [1.165, 1.54) is 11.2 Å². The number of hydrogen-bond acceptors (Lipinski definition) is 4. The van der Waals surface area contributed by atoms with E-state index >= 15 is 0 Å². The summed E-state index contributed by atoms with van der Waals surface area (Å²) in [6, 6.07) is 15.4. The van der Waals surface area contributed by atoms with E-state index in [0.29, 0.717) is 16.6 Å². The Hall–Kier alpha value is -2.45. The van der Waals surface area contributed by atoms with Crippen LogP contribution < -0.4 is 9.62 Å². The van der Waals surface area contributed by atoms with Crippen molar-refractivity contribution >= 4 is 48.5 Å². The van der Waals surface area contributed by atoms with Gasteiger partial charge in [0, 0.05) is 29.5 Å². The lowest BCUT2D eigenvalue weighted by molar-refractivity contribution is -0.118. The first-order chi connectivity index (χ1) is 12.9. The summed E-state index contributed by atoms with van der Waals surface area (Å²) in [4.78, 5) is 15.8. The van der Waals surface area contributed by atoms with Crippen molar-refractivity contribution in [1.82, 2.24) is 10.3 Å². The van der Waals surface area contributed by atoms with Crippen molar-refractivity contribution in [2.75, 3.05) is 17.4 Å². The molecule has 0 bridgehead atoms. The molecule has 1 aromatic heterocycles. The molecule has 1 heterocycles. The Kier molecular flexibility index (Phi) is 5.76. The van der Waals surface area contributed by atoms with Crippen molar-refractivity contribution < 1.29 is 13.2 Å². The molecular formula is C19H18BrN3O3S. The average Bonchev–Trinajstić information content (AvgIpc) is 2.66. The maximum Gasteiger partial charge on any atom is 0.264 e. The molecule has 1 amide bonds. The van der Waals surface area contributed by atoms with Crippen LogP contribution in [0.15, 0.2) is 70.2 Å². The molecule has 2 aromatic carbocycles. The van der Waals surface area contributed by atoms with Crippen LogP contribution in [0.1, 0.15) is 6.92 Å². The lowest BCUT2D eigenvalue weighted by Crippen LogP contribution is -2.38. The zero-order valence-electron chi connectivity index (χ0n) is 14.6. The lowest BCUT2D eigenvalue weighted by atomic mass is 10.2. The molecule has 3 aromatic rings. The first-order valence-corrected chi connectivity index (χ1v) is 10.5. The predicted molar refractivity (Wildman–Crippen MR) is 109 cm³/mol. The SMILES string of the molecule is CC(=O)NCCN(c1ccnc2c(Br)cccc12)S(=O)(=O)c1ccccc1. The largest absolute Gasteiger partial charge is 0.355 e. The quantitative estimate of drug-likeness (QED) is 0.628. The summed E-state index contributed by atoms with van der Waals surface area (Å²) < 4.78 is 28.7.